The van der Waals surface area contributed by atoms with Crippen LogP contribution < -0.4 is 10.6 Å². The van der Waals surface area contributed by atoms with Gasteiger partial charge >= 0.3 is 0 Å². The summed E-state index contributed by atoms with van der Waals surface area (Å²) in [7, 11) is 0. The third-order valence-electron chi connectivity index (χ3n) is 3.61. The normalized spacial score (nSPS) is 15.0. The predicted octanol–water partition coefficient (Wildman–Crippen LogP) is 2.35. The second-order valence-corrected chi connectivity index (χ2v) is 5.18. The van der Waals surface area contributed by atoms with Crippen molar-refractivity contribution in [2.75, 3.05) is 5.32 Å². The Hall–Kier alpha value is -2.37. The molecular formula is C15H18N4O2. The van der Waals surface area contributed by atoms with Gasteiger partial charge in [-0.2, -0.15) is 0 Å². The molecule has 0 spiro atoms. The maximum absolute atomic E-state index is 12.1. The van der Waals surface area contributed by atoms with E-state index in [0.29, 0.717) is 29.9 Å². The molecule has 0 bridgehead atoms. The van der Waals surface area contributed by atoms with E-state index in [2.05, 4.69) is 20.6 Å². The van der Waals surface area contributed by atoms with Crippen molar-refractivity contribution < 1.29 is 9.21 Å². The molecule has 110 valence electrons. The zero-order valence-corrected chi connectivity index (χ0v) is 11.7. The molecule has 6 nitrogen and oxygen atoms in total. The number of furan rings is 1. The van der Waals surface area contributed by atoms with Crippen molar-refractivity contribution in [1.29, 1.82) is 0 Å². The summed E-state index contributed by atoms with van der Waals surface area (Å²) in [6, 6.07) is 5.75. The smallest absolute Gasteiger partial charge is 0.270 e. The Balaban J connectivity index is 1.60. The Morgan fingerprint density at radius 3 is 2.95 bits per heavy atom. The first-order valence-corrected chi connectivity index (χ1v) is 7.20. The Bertz CT molecular complexity index is 591. The van der Waals surface area contributed by atoms with Crippen LogP contribution in [0.2, 0.25) is 0 Å². The SMILES string of the molecule is O=C(NCc1ccco1)c1cc(NC2CCCC2)ncn1. The highest BCUT2D eigenvalue weighted by molar-refractivity contribution is 5.92. The number of hydrogen-bond acceptors (Lipinski definition) is 5. The van der Waals surface area contributed by atoms with Crippen molar-refractivity contribution in [3.8, 4) is 0 Å². The molecule has 0 aromatic carbocycles. The molecule has 1 aliphatic rings. The fourth-order valence-corrected chi connectivity index (χ4v) is 2.51. The monoisotopic (exact) mass is 286 g/mol. The molecule has 2 heterocycles. The highest BCUT2D eigenvalue weighted by Gasteiger charge is 2.16. The highest BCUT2D eigenvalue weighted by atomic mass is 16.3. The van der Waals surface area contributed by atoms with Gasteiger partial charge in [-0.15, -0.1) is 0 Å². The van der Waals surface area contributed by atoms with E-state index in [9.17, 15) is 4.79 Å². The third-order valence-corrected chi connectivity index (χ3v) is 3.61. The van der Waals surface area contributed by atoms with E-state index in [0.717, 1.165) is 12.8 Å². The minimum absolute atomic E-state index is 0.233. The average molecular weight is 286 g/mol. The maximum Gasteiger partial charge on any atom is 0.270 e. The van der Waals surface area contributed by atoms with Crippen LogP contribution in [0.5, 0.6) is 0 Å². The molecule has 0 unspecified atom stereocenters. The lowest BCUT2D eigenvalue weighted by Gasteiger charge is -2.12. The summed E-state index contributed by atoms with van der Waals surface area (Å²) in [5, 5.41) is 6.13. The van der Waals surface area contributed by atoms with Gasteiger partial charge in [0.1, 0.15) is 23.6 Å². The van der Waals surface area contributed by atoms with Gasteiger partial charge in [0, 0.05) is 12.1 Å². The zero-order chi connectivity index (χ0) is 14.5. The topological polar surface area (TPSA) is 80.0 Å². The number of anilines is 1. The molecule has 2 aromatic rings. The molecule has 2 aromatic heterocycles. The van der Waals surface area contributed by atoms with E-state index in [-0.39, 0.29) is 5.91 Å². The third kappa shape index (κ3) is 3.59. The number of rotatable bonds is 5. The van der Waals surface area contributed by atoms with Crippen molar-refractivity contribution >= 4 is 11.7 Å². The Labute approximate surface area is 123 Å². The van der Waals surface area contributed by atoms with Crippen LogP contribution in [0.25, 0.3) is 0 Å². The van der Waals surface area contributed by atoms with Crippen molar-refractivity contribution in [2.24, 2.45) is 0 Å². The lowest BCUT2D eigenvalue weighted by molar-refractivity contribution is 0.0943. The molecule has 1 fully saturated rings. The van der Waals surface area contributed by atoms with Gasteiger partial charge in [0.2, 0.25) is 0 Å². The van der Waals surface area contributed by atoms with Gasteiger partial charge < -0.3 is 15.1 Å². The van der Waals surface area contributed by atoms with E-state index in [1.165, 1.54) is 19.2 Å². The Kier molecular flexibility index (Phi) is 4.14. The molecule has 21 heavy (non-hydrogen) atoms. The van der Waals surface area contributed by atoms with Crippen molar-refractivity contribution in [3.63, 3.8) is 0 Å². The van der Waals surface area contributed by atoms with Gasteiger partial charge in [-0.05, 0) is 25.0 Å². The van der Waals surface area contributed by atoms with Crippen LogP contribution in [0.15, 0.2) is 35.2 Å². The summed E-state index contributed by atoms with van der Waals surface area (Å²) < 4.78 is 5.17. The number of hydrogen-bond donors (Lipinski definition) is 2. The second kappa shape index (κ2) is 6.39. The molecule has 1 saturated carbocycles. The molecule has 0 saturated heterocycles. The van der Waals surface area contributed by atoms with Crippen LogP contribution in [0, 0.1) is 0 Å². The summed E-state index contributed by atoms with van der Waals surface area (Å²) in [5.41, 5.74) is 0.358. The summed E-state index contributed by atoms with van der Waals surface area (Å²) in [5.74, 6) is 1.19. The fourth-order valence-electron chi connectivity index (χ4n) is 2.51. The van der Waals surface area contributed by atoms with E-state index < -0.39 is 0 Å². The van der Waals surface area contributed by atoms with Crippen LogP contribution in [-0.2, 0) is 6.54 Å². The predicted molar refractivity (Wildman–Crippen MR) is 77.8 cm³/mol. The largest absolute Gasteiger partial charge is 0.467 e. The highest BCUT2D eigenvalue weighted by Crippen LogP contribution is 2.21. The molecule has 6 heteroatoms. The number of amides is 1. The second-order valence-electron chi connectivity index (χ2n) is 5.18. The van der Waals surface area contributed by atoms with Crippen molar-refractivity contribution in [2.45, 2.75) is 38.3 Å². The summed E-state index contributed by atoms with van der Waals surface area (Å²) in [6.45, 7) is 0.348. The summed E-state index contributed by atoms with van der Waals surface area (Å²) in [6.07, 6.45) is 7.81. The number of aromatic nitrogens is 2. The van der Waals surface area contributed by atoms with Crippen LogP contribution in [0.3, 0.4) is 0 Å². The van der Waals surface area contributed by atoms with Gasteiger partial charge in [0.15, 0.2) is 0 Å². The molecule has 2 N–H and O–H groups in total. The molecule has 1 amide bonds. The minimum atomic E-state index is -0.233. The fraction of sp³-hybridized carbons (Fsp3) is 0.400. The van der Waals surface area contributed by atoms with Gasteiger partial charge in [-0.3, -0.25) is 4.79 Å². The number of carbonyl (C=O) groups excluding carboxylic acids is 1. The molecule has 0 radical (unpaired) electrons. The van der Waals surface area contributed by atoms with Crippen LogP contribution >= 0.6 is 0 Å². The average Bonchev–Trinajstić information content (AvgIpc) is 3.18. The lowest BCUT2D eigenvalue weighted by atomic mass is 10.2. The van der Waals surface area contributed by atoms with Gasteiger partial charge in [-0.1, -0.05) is 12.8 Å². The molecule has 0 atom stereocenters. The lowest BCUT2D eigenvalue weighted by Crippen LogP contribution is -2.24. The van der Waals surface area contributed by atoms with E-state index >= 15 is 0 Å². The first-order valence-electron chi connectivity index (χ1n) is 7.20. The summed E-state index contributed by atoms with van der Waals surface area (Å²) >= 11 is 0. The minimum Gasteiger partial charge on any atom is -0.467 e. The van der Waals surface area contributed by atoms with E-state index in [4.69, 9.17) is 4.42 Å². The quantitative estimate of drug-likeness (QED) is 0.882. The standard InChI is InChI=1S/C15H18N4O2/c20-15(16-9-12-6-3-7-21-12)13-8-14(18-10-17-13)19-11-4-1-2-5-11/h3,6-8,10-11H,1-2,4-5,9H2,(H,16,20)(H,17,18,19). The van der Waals surface area contributed by atoms with Gasteiger partial charge in [0.05, 0.1) is 12.8 Å². The number of nitrogens with zero attached hydrogens (tertiary/aromatic N) is 2. The van der Waals surface area contributed by atoms with E-state index in [1.807, 2.05) is 6.07 Å². The first-order chi connectivity index (χ1) is 10.3. The van der Waals surface area contributed by atoms with E-state index in [1.54, 1.807) is 18.4 Å². The molecule has 1 aliphatic carbocycles. The number of carbonyl (C=O) groups is 1. The number of nitrogens with one attached hydrogen (secondary N) is 2. The summed E-state index contributed by atoms with van der Waals surface area (Å²) in [4.78, 5) is 20.3. The van der Waals surface area contributed by atoms with Gasteiger partial charge in [-0.25, -0.2) is 9.97 Å². The van der Waals surface area contributed by atoms with Crippen molar-refractivity contribution in [3.05, 3.63) is 42.2 Å². The Morgan fingerprint density at radius 2 is 2.19 bits per heavy atom. The zero-order valence-electron chi connectivity index (χ0n) is 11.7. The first kappa shape index (κ1) is 13.6. The van der Waals surface area contributed by atoms with Crippen LogP contribution in [0.1, 0.15) is 41.9 Å². The van der Waals surface area contributed by atoms with Gasteiger partial charge in [0.25, 0.3) is 5.91 Å². The molecule has 3 rings (SSSR count). The maximum atomic E-state index is 12.1. The van der Waals surface area contributed by atoms with Crippen LogP contribution in [0.4, 0.5) is 5.82 Å². The van der Waals surface area contributed by atoms with Crippen LogP contribution in [-0.4, -0.2) is 21.9 Å². The Morgan fingerprint density at radius 1 is 1.33 bits per heavy atom. The van der Waals surface area contributed by atoms with Crippen molar-refractivity contribution in [1.82, 2.24) is 15.3 Å². The molecular weight excluding hydrogens is 268 g/mol. The molecule has 0 aliphatic heterocycles.